The van der Waals surface area contributed by atoms with Crippen molar-refractivity contribution in [3.05, 3.63) is 45.4 Å². The molecule has 0 fully saturated rings. The van der Waals surface area contributed by atoms with Crippen LogP contribution < -0.4 is 5.56 Å². The van der Waals surface area contributed by atoms with Gasteiger partial charge in [-0.2, -0.15) is 0 Å². The fraction of sp³-hybridized carbons (Fsp3) is 0.200. The minimum absolute atomic E-state index is 0.0104. The number of pyridine rings is 1. The number of aromatic nitrogens is 1. The summed E-state index contributed by atoms with van der Waals surface area (Å²) in [6, 6.07) is 2.47. The molecule has 0 bridgehead atoms. The van der Waals surface area contributed by atoms with Crippen LogP contribution in [0.1, 0.15) is 17.3 Å². The molecule has 4 nitrogen and oxygen atoms in total. The predicted octanol–water partition coefficient (Wildman–Crippen LogP) is 1.69. The Balaban J connectivity index is 3.04. The number of hydrogen-bond acceptors (Lipinski definition) is 2. The number of halogens is 1. The van der Waals surface area contributed by atoms with Crippen LogP contribution in [0, 0.1) is 0 Å². The first-order valence-corrected chi connectivity index (χ1v) is 4.68. The molecule has 0 aliphatic rings. The quantitative estimate of drug-likeness (QED) is 0.855. The summed E-state index contributed by atoms with van der Waals surface area (Å²) in [4.78, 5) is 22.0. The van der Waals surface area contributed by atoms with Gasteiger partial charge in [0.15, 0.2) is 0 Å². The molecule has 0 aliphatic heterocycles. The molecule has 0 unspecified atom stereocenters. The highest BCUT2D eigenvalue weighted by molar-refractivity contribution is 6.25. The number of hydrogen-bond donors (Lipinski definition) is 1. The van der Waals surface area contributed by atoms with Crippen LogP contribution in [0.3, 0.4) is 0 Å². The molecule has 80 valence electrons. The van der Waals surface area contributed by atoms with Crippen molar-refractivity contribution in [2.75, 3.05) is 0 Å². The summed E-state index contributed by atoms with van der Waals surface area (Å²) in [7, 11) is 0. The summed E-state index contributed by atoms with van der Waals surface area (Å²) >= 11 is 5.46. The van der Waals surface area contributed by atoms with Gasteiger partial charge in [0, 0.05) is 24.3 Å². The molecule has 1 aromatic heterocycles. The van der Waals surface area contributed by atoms with Gasteiger partial charge in [-0.1, -0.05) is 11.6 Å². The minimum Gasteiger partial charge on any atom is -0.478 e. The highest BCUT2D eigenvalue weighted by atomic mass is 35.5. The Morgan fingerprint density at radius 1 is 1.67 bits per heavy atom. The molecular weight excluding hydrogens is 218 g/mol. The van der Waals surface area contributed by atoms with Crippen LogP contribution in [0.2, 0.25) is 0 Å². The van der Waals surface area contributed by atoms with Crippen molar-refractivity contribution in [3.8, 4) is 0 Å². The average molecular weight is 228 g/mol. The summed E-state index contributed by atoms with van der Waals surface area (Å²) in [5.74, 6) is -1.11. The molecule has 0 aromatic carbocycles. The molecule has 0 radical (unpaired) electrons. The van der Waals surface area contributed by atoms with Crippen LogP contribution in [-0.2, 0) is 6.54 Å². The van der Waals surface area contributed by atoms with Crippen molar-refractivity contribution in [2.45, 2.75) is 13.5 Å². The summed E-state index contributed by atoms with van der Waals surface area (Å²) in [6.45, 7) is 2.15. The molecule has 0 saturated heterocycles. The van der Waals surface area contributed by atoms with Gasteiger partial charge in [-0.3, -0.25) is 4.79 Å². The molecule has 15 heavy (non-hydrogen) atoms. The van der Waals surface area contributed by atoms with E-state index in [0.29, 0.717) is 6.54 Å². The van der Waals surface area contributed by atoms with E-state index in [0.717, 1.165) is 11.6 Å². The maximum Gasteiger partial charge on any atom is 0.335 e. The van der Waals surface area contributed by atoms with Crippen molar-refractivity contribution in [1.82, 2.24) is 4.57 Å². The second-order valence-electron chi connectivity index (χ2n) is 3.14. The van der Waals surface area contributed by atoms with Gasteiger partial charge in [0.05, 0.1) is 5.56 Å². The van der Waals surface area contributed by atoms with Crippen LogP contribution in [0.4, 0.5) is 0 Å². The smallest absolute Gasteiger partial charge is 0.335 e. The fourth-order valence-electron chi connectivity index (χ4n) is 1.07. The third kappa shape index (κ3) is 2.95. The minimum atomic E-state index is -1.11. The van der Waals surface area contributed by atoms with E-state index in [9.17, 15) is 9.59 Å². The molecule has 1 aromatic rings. The summed E-state index contributed by atoms with van der Waals surface area (Å²) in [5, 5.41) is 8.65. The average Bonchev–Trinajstić information content (AvgIpc) is 2.20. The van der Waals surface area contributed by atoms with Crippen LogP contribution in [0.15, 0.2) is 34.2 Å². The molecule has 0 amide bonds. The molecule has 0 spiro atoms. The Labute approximate surface area is 91.4 Å². The number of rotatable bonds is 3. The molecule has 0 saturated carbocycles. The molecule has 1 rings (SSSR count). The lowest BCUT2D eigenvalue weighted by atomic mass is 10.2. The normalized spacial score (nSPS) is 11.5. The Bertz CT molecular complexity index is 462. The van der Waals surface area contributed by atoms with Crippen molar-refractivity contribution in [2.24, 2.45) is 0 Å². The molecule has 0 atom stereocenters. The standard InChI is InChI=1S/C10H10ClNO3/c1-7(5-11)6-12-3-2-8(10(14)15)4-9(12)13/h2-5H,6H2,1H3,(H,14,15)/b7-5-. The summed E-state index contributed by atoms with van der Waals surface area (Å²) in [5.41, 5.74) is 1.84. The Kier molecular flexibility index (Phi) is 3.68. The van der Waals surface area contributed by atoms with Gasteiger partial charge in [-0.05, 0) is 18.6 Å². The van der Waals surface area contributed by atoms with E-state index in [1.807, 2.05) is 0 Å². The zero-order valence-electron chi connectivity index (χ0n) is 8.11. The molecule has 1 heterocycles. The second kappa shape index (κ2) is 4.79. The van der Waals surface area contributed by atoms with Crippen molar-refractivity contribution in [1.29, 1.82) is 0 Å². The van der Waals surface area contributed by atoms with E-state index >= 15 is 0 Å². The number of aromatic carboxylic acids is 1. The van der Waals surface area contributed by atoms with E-state index in [2.05, 4.69) is 0 Å². The first-order valence-electron chi connectivity index (χ1n) is 4.24. The monoisotopic (exact) mass is 227 g/mol. The number of nitrogens with zero attached hydrogens (tertiary/aromatic N) is 1. The lowest BCUT2D eigenvalue weighted by Crippen LogP contribution is -2.20. The molecule has 1 N–H and O–H groups in total. The van der Waals surface area contributed by atoms with Crippen LogP contribution in [0.5, 0.6) is 0 Å². The van der Waals surface area contributed by atoms with Gasteiger partial charge in [-0.25, -0.2) is 4.79 Å². The predicted molar refractivity (Wildman–Crippen MR) is 57.3 cm³/mol. The SMILES string of the molecule is C/C(=C/Cl)Cn1ccc(C(=O)O)cc1=O. The Morgan fingerprint density at radius 3 is 2.80 bits per heavy atom. The number of carbonyl (C=O) groups is 1. The van der Waals surface area contributed by atoms with Gasteiger partial charge in [0.25, 0.3) is 5.56 Å². The third-order valence-electron chi connectivity index (χ3n) is 1.85. The molecule has 5 heteroatoms. The van der Waals surface area contributed by atoms with E-state index in [1.54, 1.807) is 6.92 Å². The van der Waals surface area contributed by atoms with Gasteiger partial charge < -0.3 is 9.67 Å². The third-order valence-corrected chi connectivity index (χ3v) is 2.22. The maximum atomic E-state index is 11.4. The van der Waals surface area contributed by atoms with Crippen LogP contribution in [-0.4, -0.2) is 15.6 Å². The van der Waals surface area contributed by atoms with Gasteiger partial charge in [0.1, 0.15) is 0 Å². The highest BCUT2D eigenvalue weighted by Crippen LogP contribution is 2.00. The first-order chi connectivity index (χ1) is 7.04. The highest BCUT2D eigenvalue weighted by Gasteiger charge is 2.04. The Hall–Kier alpha value is -1.55. The van der Waals surface area contributed by atoms with E-state index in [-0.39, 0.29) is 11.1 Å². The number of carboxylic acids is 1. The second-order valence-corrected chi connectivity index (χ2v) is 3.36. The first kappa shape index (κ1) is 11.5. The molecule has 0 aliphatic carbocycles. The lowest BCUT2D eigenvalue weighted by molar-refractivity contribution is 0.0696. The van der Waals surface area contributed by atoms with E-state index < -0.39 is 5.97 Å². The fourth-order valence-corrected chi connectivity index (χ4v) is 1.14. The summed E-state index contributed by atoms with van der Waals surface area (Å²) < 4.78 is 1.39. The van der Waals surface area contributed by atoms with Crippen molar-refractivity contribution in [3.63, 3.8) is 0 Å². The van der Waals surface area contributed by atoms with Crippen LogP contribution >= 0.6 is 11.6 Å². The van der Waals surface area contributed by atoms with Gasteiger partial charge >= 0.3 is 5.97 Å². The van der Waals surface area contributed by atoms with Gasteiger partial charge in [0.2, 0.25) is 0 Å². The zero-order chi connectivity index (χ0) is 11.4. The van der Waals surface area contributed by atoms with Crippen molar-refractivity contribution < 1.29 is 9.90 Å². The Morgan fingerprint density at radius 2 is 2.33 bits per heavy atom. The lowest BCUT2D eigenvalue weighted by Gasteiger charge is -2.04. The topological polar surface area (TPSA) is 59.3 Å². The maximum absolute atomic E-state index is 11.4. The van der Waals surface area contributed by atoms with E-state index in [1.165, 1.54) is 22.4 Å². The van der Waals surface area contributed by atoms with E-state index in [4.69, 9.17) is 16.7 Å². The largest absolute Gasteiger partial charge is 0.478 e. The van der Waals surface area contributed by atoms with Crippen LogP contribution in [0.25, 0.3) is 0 Å². The summed E-state index contributed by atoms with van der Waals surface area (Å²) in [6.07, 6.45) is 1.44. The number of carboxylic acid groups (broad SMARTS) is 1. The van der Waals surface area contributed by atoms with Crippen molar-refractivity contribution >= 4 is 17.6 Å². The molecular formula is C10H10ClNO3. The van der Waals surface area contributed by atoms with Gasteiger partial charge in [-0.15, -0.1) is 0 Å². The zero-order valence-corrected chi connectivity index (χ0v) is 8.86. The number of allylic oxidation sites excluding steroid dienone is 1.